The zero-order valence-corrected chi connectivity index (χ0v) is 17.4. The number of nitrogens with zero attached hydrogens (tertiary/aromatic N) is 3. The van der Waals surface area contributed by atoms with Gasteiger partial charge in [-0.1, -0.05) is 5.21 Å². The molecule has 1 saturated heterocycles. The van der Waals surface area contributed by atoms with E-state index in [1.807, 2.05) is 5.32 Å². The van der Waals surface area contributed by atoms with Crippen molar-refractivity contribution in [3.05, 3.63) is 41.5 Å². The summed E-state index contributed by atoms with van der Waals surface area (Å²) in [7, 11) is 0. The molecule has 3 N–H and O–H groups in total. The molecule has 0 spiro atoms. The van der Waals surface area contributed by atoms with Gasteiger partial charge in [0, 0.05) is 36.6 Å². The summed E-state index contributed by atoms with van der Waals surface area (Å²) in [4.78, 5) is 38.5. The van der Waals surface area contributed by atoms with Crippen LogP contribution in [0.3, 0.4) is 0 Å². The van der Waals surface area contributed by atoms with Crippen LogP contribution in [0.25, 0.3) is 0 Å². The Morgan fingerprint density at radius 3 is 2.41 bits per heavy atom. The van der Waals surface area contributed by atoms with Gasteiger partial charge in [-0.15, -0.1) is 5.10 Å². The number of likely N-dealkylation sites (tertiary alicyclic amines) is 1. The van der Waals surface area contributed by atoms with Crippen molar-refractivity contribution < 1.29 is 40.7 Å². The SMILES string of the molecule is C[C@H]1[C@@H](C(=O)Nc2cc(F)c(F)c(F)c2)CCN1C(=O)C(=O)N[C@@H](CC(F)(F)F)c1c[nH]nn1. The van der Waals surface area contributed by atoms with E-state index in [2.05, 4.69) is 20.7 Å². The fourth-order valence-electron chi connectivity index (χ4n) is 3.63. The Morgan fingerprint density at radius 1 is 1.21 bits per heavy atom. The first kappa shape index (κ1) is 25.0. The Balaban J connectivity index is 1.65. The van der Waals surface area contributed by atoms with Crippen LogP contribution in [0.1, 0.15) is 31.5 Å². The molecular weight excluding hydrogens is 474 g/mol. The van der Waals surface area contributed by atoms with Gasteiger partial charge < -0.3 is 15.5 Å². The lowest BCUT2D eigenvalue weighted by Crippen LogP contribution is -2.47. The summed E-state index contributed by atoms with van der Waals surface area (Å²) < 4.78 is 78.5. The number of amides is 3. The molecular formula is C19H18F6N6O3. The maximum Gasteiger partial charge on any atom is 0.391 e. The lowest BCUT2D eigenvalue weighted by atomic mass is 10.0. The van der Waals surface area contributed by atoms with E-state index in [1.165, 1.54) is 6.92 Å². The van der Waals surface area contributed by atoms with Crippen molar-refractivity contribution >= 4 is 23.4 Å². The van der Waals surface area contributed by atoms with E-state index >= 15 is 0 Å². The molecule has 1 aromatic carbocycles. The second kappa shape index (κ2) is 9.69. The highest BCUT2D eigenvalue weighted by molar-refractivity contribution is 6.35. The topological polar surface area (TPSA) is 120 Å². The summed E-state index contributed by atoms with van der Waals surface area (Å²) >= 11 is 0. The molecule has 2 aromatic rings. The number of H-pyrrole nitrogens is 1. The van der Waals surface area contributed by atoms with Gasteiger partial charge >= 0.3 is 18.0 Å². The highest BCUT2D eigenvalue weighted by Crippen LogP contribution is 2.29. The molecule has 2 heterocycles. The van der Waals surface area contributed by atoms with Crippen molar-refractivity contribution in [2.75, 3.05) is 11.9 Å². The van der Waals surface area contributed by atoms with E-state index in [1.54, 1.807) is 0 Å². The van der Waals surface area contributed by atoms with E-state index in [0.29, 0.717) is 12.1 Å². The minimum atomic E-state index is -4.68. The van der Waals surface area contributed by atoms with Gasteiger partial charge in [0.2, 0.25) is 5.91 Å². The van der Waals surface area contributed by atoms with Gasteiger partial charge in [-0.25, -0.2) is 13.2 Å². The molecule has 1 fully saturated rings. The quantitative estimate of drug-likeness (QED) is 0.336. The molecule has 0 bridgehead atoms. The van der Waals surface area contributed by atoms with Crippen molar-refractivity contribution in [1.82, 2.24) is 25.6 Å². The zero-order chi connectivity index (χ0) is 25.2. The standard InChI is InChI=1S/C19H18F6N6O3/c1-8-10(16(32)27-9-4-11(20)15(22)12(21)5-9)2-3-31(8)18(34)17(33)28-13(6-19(23,24)25)14-7-26-30-29-14/h4-5,7-8,10,13H,2-3,6H2,1H3,(H,27,32)(H,28,33)(H,26,29,30)/t8-,10-,13-/m0/s1. The molecule has 0 aliphatic carbocycles. The Kier molecular flexibility index (Phi) is 7.12. The third-order valence-electron chi connectivity index (χ3n) is 5.33. The summed E-state index contributed by atoms with van der Waals surface area (Å²) in [6, 6.07) is -1.38. The first-order valence-corrected chi connectivity index (χ1v) is 9.87. The van der Waals surface area contributed by atoms with Crippen molar-refractivity contribution in [3.63, 3.8) is 0 Å². The first-order valence-electron chi connectivity index (χ1n) is 9.87. The van der Waals surface area contributed by atoms with Crippen LogP contribution in [0, 0.1) is 23.4 Å². The van der Waals surface area contributed by atoms with Crippen LogP contribution in [0.4, 0.5) is 32.0 Å². The monoisotopic (exact) mass is 492 g/mol. The Morgan fingerprint density at radius 2 is 1.85 bits per heavy atom. The Hall–Kier alpha value is -3.65. The number of hydrogen-bond donors (Lipinski definition) is 3. The third-order valence-corrected chi connectivity index (χ3v) is 5.33. The highest BCUT2D eigenvalue weighted by Gasteiger charge is 2.41. The van der Waals surface area contributed by atoms with Crippen LogP contribution in [0.5, 0.6) is 0 Å². The average molecular weight is 492 g/mol. The van der Waals surface area contributed by atoms with E-state index in [4.69, 9.17) is 0 Å². The largest absolute Gasteiger partial charge is 0.391 e. The number of nitrogens with one attached hydrogen (secondary N) is 3. The van der Waals surface area contributed by atoms with E-state index in [-0.39, 0.29) is 24.3 Å². The van der Waals surface area contributed by atoms with Crippen LogP contribution in [0.15, 0.2) is 18.3 Å². The number of alkyl halides is 3. The number of benzene rings is 1. The molecule has 184 valence electrons. The van der Waals surface area contributed by atoms with Crippen molar-refractivity contribution in [3.8, 4) is 0 Å². The number of carbonyl (C=O) groups excluding carboxylic acids is 3. The third kappa shape index (κ3) is 5.63. The molecule has 3 rings (SSSR count). The molecule has 3 amide bonds. The normalized spacial score (nSPS) is 19.1. The van der Waals surface area contributed by atoms with Gasteiger partial charge in [0.25, 0.3) is 0 Å². The maximum absolute atomic E-state index is 13.4. The van der Waals surface area contributed by atoms with Crippen molar-refractivity contribution in [1.29, 1.82) is 0 Å². The van der Waals surface area contributed by atoms with Gasteiger partial charge in [-0.2, -0.15) is 13.2 Å². The predicted octanol–water partition coefficient (Wildman–Crippen LogP) is 2.21. The summed E-state index contributed by atoms with van der Waals surface area (Å²) in [5, 5.41) is 13.2. The van der Waals surface area contributed by atoms with E-state index in [9.17, 15) is 40.7 Å². The Bertz CT molecular complexity index is 1050. The summed E-state index contributed by atoms with van der Waals surface area (Å²) in [5.74, 6) is -8.89. The predicted molar refractivity (Wildman–Crippen MR) is 102 cm³/mol. The van der Waals surface area contributed by atoms with Crippen LogP contribution >= 0.6 is 0 Å². The second-order valence-corrected chi connectivity index (χ2v) is 7.62. The minimum absolute atomic E-state index is 0.0629. The smallest absolute Gasteiger partial charge is 0.339 e. The van der Waals surface area contributed by atoms with Crippen LogP contribution in [-0.2, 0) is 14.4 Å². The molecule has 15 heteroatoms. The fraction of sp³-hybridized carbons (Fsp3) is 0.421. The van der Waals surface area contributed by atoms with Gasteiger partial charge in [0.05, 0.1) is 18.4 Å². The second-order valence-electron chi connectivity index (χ2n) is 7.62. The number of halogens is 6. The number of rotatable bonds is 5. The average Bonchev–Trinajstić information content (AvgIpc) is 3.40. The zero-order valence-electron chi connectivity index (χ0n) is 17.4. The van der Waals surface area contributed by atoms with Crippen molar-refractivity contribution in [2.45, 2.75) is 38.0 Å². The summed E-state index contributed by atoms with van der Waals surface area (Å²) in [5.41, 5.74) is -0.581. The number of hydrogen-bond acceptors (Lipinski definition) is 5. The number of anilines is 1. The number of carbonyl (C=O) groups is 3. The minimum Gasteiger partial charge on any atom is -0.339 e. The number of aromatic amines is 1. The van der Waals surface area contributed by atoms with Crippen LogP contribution < -0.4 is 10.6 Å². The Labute approximate surface area is 187 Å². The highest BCUT2D eigenvalue weighted by atomic mass is 19.4. The molecule has 1 aromatic heterocycles. The lowest BCUT2D eigenvalue weighted by molar-refractivity contribution is -0.151. The molecule has 0 unspecified atom stereocenters. The van der Waals surface area contributed by atoms with Gasteiger partial charge in [-0.05, 0) is 13.3 Å². The first-order chi connectivity index (χ1) is 15.9. The molecule has 1 aliphatic rings. The van der Waals surface area contributed by atoms with Crippen LogP contribution in [0.2, 0.25) is 0 Å². The van der Waals surface area contributed by atoms with Gasteiger partial charge in [0.15, 0.2) is 17.5 Å². The molecule has 0 saturated carbocycles. The summed E-state index contributed by atoms with van der Waals surface area (Å²) in [6.07, 6.45) is -5.07. The molecule has 3 atom stereocenters. The molecule has 0 radical (unpaired) electrons. The van der Waals surface area contributed by atoms with E-state index in [0.717, 1.165) is 11.1 Å². The maximum atomic E-state index is 13.4. The molecule has 34 heavy (non-hydrogen) atoms. The van der Waals surface area contributed by atoms with E-state index < -0.39 is 65.8 Å². The number of aromatic nitrogens is 3. The lowest BCUT2D eigenvalue weighted by Gasteiger charge is -2.25. The van der Waals surface area contributed by atoms with Gasteiger partial charge in [0.1, 0.15) is 5.69 Å². The van der Waals surface area contributed by atoms with Crippen LogP contribution in [-0.4, -0.2) is 56.8 Å². The summed E-state index contributed by atoms with van der Waals surface area (Å²) in [6.45, 7) is 1.35. The van der Waals surface area contributed by atoms with Crippen molar-refractivity contribution in [2.24, 2.45) is 5.92 Å². The molecule has 9 nitrogen and oxygen atoms in total. The molecule has 1 aliphatic heterocycles. The van der Waals surface area contributed by atoms with Gasteiger partial charge in [-0.3, -0.25) is 19.5 Å². The fourth-order valence-corrected chi connectivity index (χ4v) is 3.63.